The molecular weight excluding hydrogens is 294 g/mol. The van der Waals surface area contributed by atoms with E-state index in [9.17, 15) is 13.2 Å². The van der Waals surface area contributed by atoms with Gasteiger partial charge in [-0.3, -0.25) is 9.52 Å². The number of rotatable bonds is 5. The third-order valence-corrected chi connectivity index (χ3v) is 3.69. The molecule has 1 fully saturated rings. The zero-order valence-electron chi connectivity index (χ0n) is 11.4. The number of nitrogens with zero attached hydrogens (tertiary/aromatic N) is 4. The Bertz CT molecular complexity index is 697. The van der Waals surface area contributed by atoms with Gasteiger partial charge >= 0.3 is 0 Å². The molecule has 1 N–H and O–H groups in total. The van der Waals surface area contributed by atoms with Crippen LogP contribution >= 0.6 is 0 Å². The molecule has 8 nitrogen and oxygen atoms in total. The van der Waals surface area contributed by atoms with Gasteiger partial charge in [0.1, 0.15) is 0 Å². The van der Waals surface area contributed by atoms with Crippen molar-refractivity contribution in [1.29, 1.82) is 0 Å². The van der Waals surface area contributed by atoms with Gasteiger partial charge in [0.2, 0.25) is 15.9 Å². The highest BCUT2D eigenvalue weighted by Gasteiger charge is 2.31. The predicted octanol–water partition coefficient (Wildman–Crippen LogP) is 1.72. The van der Waals surface area contributed by atoms with Crippen molar-refractivity contribution in [3.8, 4) is 0 Å². The fraction of sp³-hybridized carbons (Fsp3) is 0.417. The number of carbonyl (C=O) groups excluding carboxylic acids is 1. The number of hydrogen-bond donors (Lipinski definition) is 1. The van der Waals surface area contributed by atoms with Crippen molar-refractivity contribution >= 4 is 27.3 Å². The lowest BCUT2D eigenvalue weighted by Gasteiger charge is -2.20. The molecule has 1 unspecified atom stereocenters. The van der Waals surface area contributed by atoms with Crippen molar-refractivity contribution in [2.45, 2.75) is 6.42 Å². The number of azide groups is 1. The Morgan fingerprint density at radius 1 is 1.48 bits per heavy atom. The first kappa shape index (κ1) is 15.1. The normalized spacial score (nSPS) is 18.4. The van der Waals surface area contributed by atoms with Gasteiger partial charge in [0.05, 0.1) is 17.6 Å². The SMILES string of the molecule is CS(=O)(=O)Nc1ccccc1N1CC(CN=[N+]=[N-])CC1=O. The number of anilines is 2. The fourth-order valence-corrected chi connectivity index (χ4v) is 2.86. The average molecular weight is 309 g/mol. The van der Waals surface area contributed by atoms with E-state index in [1.54, 1.807) is 24.3 Å². The van der Waals surface area contributed by atoms with Crippen LogP contribution in [0.2, 0.25) is 0 Å². The zero-order chi connectivity index (χ0) is 15.5. The van der Waals surface area contributed by atoms with Crippen LogP contribution in [-0.2, 0) is 14.8 Å². The maximum Gasteiger partial charge on any atom is 0.229 e. The Morgan fingerprint density at radius 3 is 2.86 bits per heavy atom. The van der Waals surface area contributed by atoms with Crippen molar-refractivity contribution in [2.75, 3.05) is 29.0 Å². The first-order chi connectivity index (χ1) is 9.90. The van der Waals surface area contributed by atoms with E-state index in [4.69, 9.17) is 5.53 Å². The highest BCUT2D eigenvalue weighted by Crippen LogP contribution is 2.31. The van der Waals surface area contributed by atoms with Crippen LogP contribution in [0.25, 0.3) is 10.4 Å². The summed E-state index contributed by atoms with van der Waals surface area (Å²) in [6.45, 7) is 0.653. The molecule has 0 aliphatic carbocycles. The standard InChI is InChI=1S/C12H15N5O3S/c1-21(19,20)15-10-4-2-3-5-11(10)17-8-9(6-12(17)18)7-14-16-13/h2-5,9,15H,6-8H2,1H3. The second kappa shape index (κ2) is 6.02. The predicted molar refractivity (Wildman–Crippen MR) is 79.4 cm³/mol. The van der Waals surface area contributed by atoms with Gasteiger partial charge < -0.3 is 4.90 Å². The molecular formula is C12H15N5O3S. The molecule has 0 bridgehead atoms. The second-order valence-corrected chi connectivity index (χ2v) is 6.63. The lowest BCUT2D eigenvalue weighted by Crippen LogP contribution is -2.26. The third kappa shape index (κ3) is 3.87. The summed E-state index contributed by atoms with van der Waals surface area (Å²) < 4.78 is 25.2. The first-order valence-electron chi connectivity index (χ1n) is 6.29. The summed E-state index contributed by atoms with van der Waals surface area (Å²) >= 11 is 0. The monoisotopic (exact) mass is 309 g/mol. The Labute approximate surface area is 122 Å². The highest BCUT2D eigenvalue weighted by atomic mass is 32.2. The fourth-order valence-electron chi connectivity index (χ4n) is 2.28. The van der Waals surface area contributed by atoms with Gasteiger partial charge in [-0.2, -0.15) is 0 Å². The molecule has 112 valence electrons. The van der Waals surface area contributed by atoms with Gasteiger partial charge in [-0.15, -0.1) is 0 Å². The number of para-hydroxylation sites is 2. The maximum absolute atomic E-state index is 12.1. The quantitative estimate of drug-likeness (QED) is 0.507. The summed E-state index contributed by atoms with van der Waals surface area (Å²) in [5, 5.41) is 3.49. The van der Waals surface area contributed by atoms with Crippen molar-refractivity contribution in [3.05, 3.63) is 34.7 Å². The van der Waals surface area contributed by atoms with Crippen molar-refractivity contribution < 1.29 is 13.2 Å². The molecule has 1 amide bonds. The Kier molecular flexibility index (Phi) is 4.35. The van der Waals surface area contributed by atoms with Crippen LogP contribution in [0, 0.1) is 5.92 Å². The van der Waals surface area contributed by atoms with Gasteiger partial charge in [0.25, 0.3) is 0 Å². The van der Waals surface area contributed by atoms with E-state index in [0.29, 0.717) is 17.9 Å². The molecule has 1 aliphatic rings. The van der Waals surface area contributed by atoms with Crippen LogP contribution in [0.1, 0.15) is 6.42 Å². The molecule has 1 saturated heterocycles. The minimum absolute atomic E-state index is 0.0558. The van der Waals surface area contributed by atoms with E-state index in [1.165, 1.54) is 4.90 Å². The topological polar surface area (TPSA) is 115 Å². The summed E-state index contributed by atoms with van der Waals surface area (Å²) in [5.41, 5.74) is 9.20. The Morgan fingerprint density at radius 2 is 2.19 bits per heavy atom. The Hall–Kier alpha value is -2.25. The third-order valence-electron chi connectivity index (χ3n) is 3.10. The number of sulfonamides is 1. The minimum atomic E-state index is -3.43. The van der Waals surface area contributed by atoms with Crippen LogP contribution < -0.4 is 9.62 Å². The van der Waals surface area contributed by atoms with Gasteiger partial charge in [-0.25, -0.2) is 8.42 Å². The minimum Gasteiger partial charge on any atom is -0.310 e. The van der Waals surface area contributed by atoms with Crippen LogP contribution in [0.3, 0.4) is 0 Å². The summed E-state index contributed by atoms with van der Waals surface area (Å²) in [5.74, 6) is -0.171. The van der Waals surface area contributed by atoms with E-state index < -0.39 is 10.0 Å². The van der Waals surface area contributed by atoms with Crippen LogP contribution in [0.15, 0.2) is 29.4 Å². The average Bonchev–Trinajstić information content (AvgIpc) is 2.76. The number of carbonyl (C=O) groups is 1. The van der Waals surface area contributed by atoms with Gasteiger partial charge in [0.15, 0.2) is 0 Å². The Balaban J connectivity index is 2.26. The molecule has 0 radical (unpaired) electrons. The van der Waals surface area contributed by atoms with Crippen LogP contribution in [0.4, 0.5) is 11.4 Å². The van der Waals surface area contributed by atoms with Gasteiger partial charge in [-0.05, 0) is 23.6 Å². The smallest absolute Gasteiger partial charge is 0.229 e. The molecule has 0 saturated carbocycles. The summed E-state index contributed by atoms with van der Waals surface area (Å²) in [6.07, 6.45) is 1.34. The van der Waals surface area contributed by atoms with Crippen LogP contribution in [-0.4, -0.2) is 33.7 Å². The van der Waals surface area contributed by atoms with Gasteiger partial charge in [0, 0.05) is 24.4 Å². The maximum atomic E-state index is 12.1. The number of hydrogen-bond acceptors (Lipinski definition) is 4. The van der Waals surface area contributed by atoms with Crippen molar-refractivity contribution in [2.24, 2.45) is 11.0 Å². The van der Waals surface area contributed by atoms with Crippen LogP contribution in [0.5, 0.6) is 0 Å². The van der Waals surface area contributed by atoms with E-state index >= 15 is 0 Å². The second-order valence-electron chi connectivity index (χ2n) is 4.88. The molecule has 1 aromatic carbocycles. The molecule has 1 aliphatic heterocycles. The summed E-state index contributed by atoms with van der Waals surface area (Å²) in [4.78, 5) is 16.3. The zero-order valence-corrected chi connectivity index (χ0v) is 12.2. The molecule has 1 heterocycles. The van der Waals surface area contributed by atoms with E-state index in [-0.39, 0.29) is 24.8 Å². The van der Waals surface area contributed by atoms with Crippen molar-refractivity contribution in [1.82, 2.24) is 0 Å². The van der Waals surface area contributed by atoms with E-state index in [1.807, 2.05) is 0 Å². The van der Waals surface area contributed by atoms with E-state index in [0.717, 1.165) is 6.26 Å². The molecule has 0 spiro atoms. The first-order valence-corrected chi connectivity index (χ1v) is 8.18. The molecule has 9 heteroatoms. The molecule has 1 aromatic rings. The number of amides is 1. The summed E-state index contributed by atoms with van der Waals surface area (Å²) in [6, 6.07) is 6.71. The molecule has 2 rings (SSSR count). The molecule has 0 aromatic heterocycles. The summed E-state index contributed by atoms with van der Waals surface area (Å²) in [7, 11) is -3.43. The largest absolute Gasteiger partial charge is 0.310 e. The molecule has 21 heavy (non-hydrogen) atoms. The van der Waals surface area contributed by atoms with E-state index in [2.05, 4.69) is 14.7 Å². The highest BCUT2D eigenvalue weighted by molar-refractivity contribution is 7.92. The lowest BCUT2D eigenvalue weighted by molar-refractivity contribution is -0.117. The lowest BCUT2D eigenvalue weighted by atomic mass is 10.1. The number of nitrogens with one attached hydrogen (secondary N) is 1. The van der Waals surface area contributed by atoms with Gasteiger partial charge in [-0.1, -0.05) is 17.2 Å². The van der Waals surface area contributed by atoms with Crippen molar-refractivity contribution in [3.63, 3.8) is 0 Å². The number of benzene rings is 1. The molecule has 1 atom stereocenters.